The van der Waals surface area contributed by atoms with E-state index in [4.69, 9.17) is 0 Å². The van der Waals surface area contributed by atoms with Gasteiger partial charge in [-0.25, -0.2) is 4.98 Å². The fourth-order valence-corrected chi connectivity index (χ4v) is 4.09. The van der Waals surface area contributed by atoms with Crippen LogP contribution in [-0.2, 0) is 11.3 Å². The minimum absolute atomic E-state index is 0.0553. The number of carbonyl (C=O) groups excluding carboxylic acids is 1. The molecule has 24 heavy (non-hydrogen) atoms. The maximum atomic E-state index is 12.4. The van der Waals surface area contributed by atoms with Crippen LogP contribution in [0.4, 0.5) is 0 Å². The number of thiophene rings is 1. The molecule has 7 heteroatoms. The zero-order valence-electron chi connectivity index (χ0n) is 13.9. The van der Waals surface area contributed by atoms with Crippen LogP contribution in [0.25, 0.3) is 10.2 Å². The second-order valence-corrected chi connectivity index (χ2v) is 7.39. The highest BCUT2D eigenvalue weighted by atomic mass is 32.1. The van der Waals surface area contributed by atoms with Gasteiger partial charge in [-0.3, -0.25) is 14.2 Å². The van der Waals surface area contributed by atoms with Crippen molar-refractivity contribution in [3.8, 4) is 0 Å². The second kappa shape index (κ2) is 7.44. The van der Waals surface area contributed by atoms with Crippen molar-refractivity contribution in [1.29, 1.82) is 0 Å². The van der Waals surface area contributed by atoms with Gasteiger partial charge in [0.15, 0.2) is 0 Å². The first-order valence-corrected chi connectivity index (χ1v) is 9.27. The van der Waals surface area contributed by atoms with Crippen molar-refractivity contribution < 1.29 is 9.90 Å². The van der Waals surface area contributed by atoms with Crippen LogP contribution in [0.2, 0.25) is 0 Å². The fourth-order valence-electron chi connectivity index (χ4n) is 3.36. The zero-order valence-corrected chi connectivity index (χ0v) is 14.7. The molecule has 0 unspecified atom stereocenters. The average molecular weight is 349 g/mol. The topological polar surface area (TPSA) is 75.4 Å². The minimum Gasteiger partial charge on any atom is -0.396 e. The van der Waals surface area contributed by atoms with Gasteiger partial charge in [-0.15, -0.1) is 11.3 Å². The van der Waals surface area contributed by atoms with Gasteiger partial charge < -0.3 is 10.0 Å². The Kier molecular flexibility index (Phi) is 5.30. The molecule has 0 atom stereocenters. The predicted molar refractivity (Wildman–Crippen MR) is 94.1 cm³/mol. The molecule has 6 nitrogen and oxygen atoms in total. The van der Waals surface area contributed by atoms with Crippen LogP contribution < -0.4 is 5.56 Å². The number of nitrogens with zero attached hydrogens (tertiary/aromatic N) is 3. The molecule has 1 amide bonds. The van der Waals surface area contributed by atoms with Gasteiger partial charge in [0, 0.05) is 32.7 Å². The van der Waals surface area contributed by atoms with E-state index in [-0.39, 0.29) is 24.1 Å². The molecule has 1 fully saturated rings. The lowest BCUT2D eigenvalue weighted by Crippen LogP contribution is -2.40. The molecule has 0 aromatic carbocycles. The molecular formula is C17H23N3O3S. The third-order valence-corrected chi connectivity index (χ3v) is 5.85. The second-order valence-electron chi connectivity index (χ2n) is 6.49. The zero-order chi connectivity index (χ0) is 17.1. The molecule has 0 saturated heterocycles. The van der Waals surface area contributed by atoms with Gasteiger partial charge in [-0.1, -0.05) is 0 Å². The molecule has 0 spiro atoms. The molecule has 3 rings (SSSR count). The largest absolute Gasteiger partial charge is 0.396 e. The molecule has 0 aliphatic heterocycles. The highest BCUT2D eigenvalue weighted by molar-refractivity contribution is 7.16. The summed E-state index contributed by atoms with van der Waals surface area (Å²) in [4.78, 5) is 31.6. The Morgan fingerprint density at radius 2 is 2.17 bits per heavy atom. The van der Waals surface area contributed by atoms with Crippen LogP contribution in [0.3, 0.4) is 0 Å². The van der Waals surface area contributed by atoms with Crippen LogP contribution in [0, 0.1) is 5.92 Å². The molecule has 130 valence electrons. The van der Waals surface area contributed by atoms with E-state index in [0.717, 1.165) is 30.5 Å². The Hall–Kier alpha value is -1.73. The molecule has 0 radical (unpaired) electrons. The molecule has 0 bridgehead atoms. The van der Waals surface area contributed by atoms with E-state index in [1.165, 1.54) is 22.2 Å². The molecule has 2 heterocycles. The van der Waals surface area contributed by atoms with E-state index in [2.05, 4.69) is 4.98 Å². The summed E-state index contributed by atoms with van der Waals surface area (Å²) in [6, 6.07) is 2.02. The molecule has 2 aromatic heterocycles. The fraction of sp³-hybridized carbons (Fsp3) is 0.588. The number of fused-ring (bicyclic) bond motifs is 1. The Balaban J connectivity index is 1.58. The van der Waals surface area contributed by atoms with E-state index in [1.54, 1.807) is 6.07 Å². The summed E-state index contributed by atoms with van der Waals surface area (Å²) in [5.41, 5.74) is -0.0832. The summed E-state index contributed by atoms with van der Waals surface area (Å²) in [6.07, 6.45) is 5.65. The van der Waals surface area contributed by atoms with Crippen LogP contribution in [0.15, 0.2) is 22.6 Å². The van der Waals surface area contributed by atoms with E-state index in [1.807, 2.05) is 17.3 Å². The van der Waals surface area contributed by atoms with E-state index < -0.39 is 0 Å². The first-order chi connectivity index (χ1) is 11.6. The number of carbonyl (C=O) groups is 1. The molecule has 1 N–H and O–H groups in total. The summed E-state index contributed by atoms with van der Waals surface area (Å²) in [5.74, 6) is 0.437. The molecule has 1 aliphatic rings. The molecular weight excluding hydrogens is 326 g/mol. The molecule has 1 aliphatic carbocycles. The summed E-state index contributed by atoms with van der Waals surface area (Å²) >= 11 is 1.44. The van der Waals surface area contributed by atoms with Crippen molar-refractivity contribution in [2.75, 3.05) is 13.7 Å². The number of hydrogen-bond acceptors (Lipinski definition) is 5. The third kappa shape index (κ3) is 3.52. The number of amides is 1. The molecule has 1 saturated carbocycles. The van der Waals surface area contributed by atoms with Gasteiger partial charge in [0.2, 0.25) is 5.91 Å². The van der Waals surface area contributed by atoms with Crippen molar-refractivity contribution in [3.63, 3.8) is 0 Å². The Morgan fingerprint density at radius 1 is 1.42 bits per heavy atom. The highest BCUT2D eigenvalue weighted by Crippen LogP contribution is 2.26. The minimum atomic E-state index is -0.0832. The van der Waals surface area contributed by atoms with Crippen LogP contribution in [-0.4, -0.2) is 45.2 Å². The van der Waals surface area contributed by atoms with Gasteiger partial charge in [0.25, 0.3) is 5.56 Å². The van der Waals surface area contributed by atoms with Crippen LogP contribution >= 0.6 is 11.3 Å². The third-order valence-electron chi connectivity index (χ3n) is 5.03. The summed E-state index contributed by atoms with van der Waals surface area (Å²) < 4.78 is 1.52. The summed E-state index contributed by atoms with van der Waals surface area (Å²) in [6.45, 7) is 0.595. The summed E-state index contributed by atoms with van der Waals surface area (Å²) in [7, 11) is 1.84. The maximum absolute atomic E-state index is 12.4. The van der Waals surface area contributed by atoms with Crippen LogP contribution in [0.1, 0.15) is 32.1 Å². The number of aromatic nitrogens is 2. The van der Waals surface area contributed by atoms with Crippen molar-refractivity contribution in [2.45, 2.75) is 44.7 Å². The first kappa shape index (κ1) is 17.1. The van der Waals surface area contributed by atoms with Crippen molar-refractivity contribution in [2.24, 2.45) is 5.92 Å². The number of hydrogen-bond donors (Lipinski definition) is 1. The Labute approximate surface area is 144 Å². The lowest BCUT2D eigenvalue weighted by atomic mass is 9.86. The van der Waals surface area contributed by atoms with E-state index in [9.17, 15) is 14.7 Å². The number of aliphatic hydroxyl groups is 1. The van der Waals surface area contributed by atoms with Crippen molar-refractivity contribution in [1.82, 2.24) is 14.5 Å². The van der Waals surface area contributed by atoms with Crippen molar-refractivity contribution >= 4 is 27.5 Å². The smallest absolute Gasteiger partial charge is 0.262 e. The predicted octanol–water partition coefficient (Wildman–Crippen LogP) is 1.86. The highest BCUT2D eigenvalue weighted by Gasteiger charge is 2.26. The Bertz CT molecular complexity index is 762. The maximum Gasteiger partial charge on any atom is 0.262 e. The van der Waals surface area contributed by atoms with E-state index >= 15 is 0 Å². The molecule has 2 aromatic rings. The Morgan fingerprint density at radius 3 is 2.88 bits per heavy atom. The number of aliphatic hydroxyl groups excluding tert-OH is 1. The lowest BCUT2D eigenvalue weighted by Gasteiger charge is -2.34. The van der Waals surface area contributed by atoms with Crippen LogP contribution in [0.5, 0.6) is 0 Å². The van der Waals surface area contributed by atoms with E-state index in [0.29, 0.717) is 24.3 Å². The average Bonchev–Trinajstić information content (AvgIpc) is 3.10. The van der Waals surface area contributed by atoms with Gasteiger partial charge in [-0.05, 0) is 43.0 Å². The quantitative estimate of drug-likeness (QED) is 0.894. The standard InChI is InChI=1S/C17H23N3O3S/c1-19(13-4-2-12(10-21)3-5-13)15(22)6-8-20-11-18-16-14(17(20)23)7-9-24-16/h7,9,11-13,21H,2-6,8,10H2,1H3. The van der Waals surface area contributed by atoms with Gasteiger partial charge in [-0.2, -0.15) is 0 Å². The van der Waals surface area contributed by atoms with Gasteiger partial charge in [0.05, 0.1) is 11.7 Å². The monoisotopic (exact) mass is 349 g/mol. The number of rotatable bonds is 5. The summed E-state index contributed by atoms with van der Waals surface area (Å²) in [5, 5.41) is 11.7. The van der Waals surface area contributed by atoms with Gasteiger partial charge in [0.1, 0.15) is 4.83 Å². The first-order valence-electron chi connectivity index (χ1n) is 8.39. The lowest BCUT2D eigenvalue weighted by molar-refractivity contribution is -0.133. The van der Waals surface area contributed by atoms with Gasteiger partial charge >= 0.3 is 0 Å². The SMILES string of the molecule is CN(C(=O)CCn1cnc2sccc2c1=O)C1CCC(CO)CC1. The number of aryl methyl sites for hydroxylation is 1. The normalized spacial score (nSPS) is 21.1. The van der Waals surface area contributed by atoms with Crippen molar-refractivity contribution in [3.05, 3.63) is 28.1 Å².